The molecule has 0 radical (unpaired) electrons. The van der Waals surface area contributed by atoms with E-state index in [1.54, 1.807) is 6.07 Å². The summed E-state index contributed by atoms with van der Waals surface area (Å²) in [6.07, 6.45) is 1.52. The minimum Gasteiger partial charge on any atom is -0.471 e. The number of non-ortho nitro benzene ring substituents is 1. The molecule has 0 spiro atoms. The standard InChI is InChI=1S/C23H15Cl2FN4O5/c24-14-1-6-22(20(25)9-14)35-19-11-16(10-17(12-19)30(32)33)27-23(31)21-7-8-29(28-21)13-34-18-4-2-15(26)3-5-18/h1-12H,13H2,(H,27,31). The summed E-state index contributed by atoms with van der Waals surface area (Å²) in [5.41, 5.74) is -0.148. The summed E-state index contributed by atoms with van der Waals surface area (Å²) in [4.78, 5) is 23.4. The molecule has 178 valence electrons. The third-order valence-electron chi connectivity index (χ3n) is 4.53. The van der Waals surface area contributed by atoms with E-state index >= 15 is 0 Å². The predicted molar refractivity (Wildman–Crippen MR) is 127 cm³/mol. The van der Waals surface area contributed by atoms with Gasteiger partial charge in [0.25, 0.3) is 11.6 Å². The van der Waals surface area contributed by atoms with Gasteiger partial charge < -0.3 is 14.8 Å². The Kier molecular flexibility index (Phi) is 7.14. The molecule has 0 aliphatic carbocycles. The van der Waals surface area contributed by atoms with Crippen LogP contribution in [-0.2, 0) is 6.73 Å². The molecule has 3 aromatic carbocycles. The van der Waals surface area contributed by atoms with E-state index in [-0.39, 0.29) is 46.1 Å². The maximum absolute atomic E-state index is 13.0. The summed E-state index contributed by atoms with van der Waals surface area (Å²) in [7, 11) is 0. The largest absolute Gasteiger partial charge is 0.471 e. The lowest BCUT2D eigenvalue weighted by atomic mass is 10.2. The van der Waals surface area contributed by atoms with Gasteiger partial charge in [-0.3, -0.25) is 14.9 Å². The lowest BCUT2D eigenvalue weighted by Crippen LogP contribution is -2.14. The molecule has 0 aliphatic heterocycles. The van der Waals surface area contributed by atoms with E-state index in [9.17, 15) is 19.3 Å². The zero-order valence-electron chi connectivity index (χ0n) is 17.7. The third-order valence-corrected chi connectivity index (χ3v) is 5.06. The van der Waals surface area contributed by atoms with Crippen LogP contribution < -0.4 is 14.8 Å². The van der Waals surface area contributed by atoms with Gasteiger partial charge in [0.2, 0.25) is 0 Å². The van der Waals surface area contributed by atoms with Crippen molar-refractivity contribution in [3.63, 3.8) is 0 Å². The van der Waals surface area contributed by atoms with Gasteiger partial charge >= 0.3 is 0 Å². The Hall–Kier alpha value is -4.15. The van der Waals surface area contributed by atoms with Crippen molar-refractivity contribution in [3.8, 4) is 17.2 Å². The van der Waals surface area contributed by atoms with E-state index < -0.39 is 10.8 Å². The summed E-state index contributed by atoms with van der Waals surface area (Å²) in [5, 5.41) is 18.7. The number of nitro groups is 1. The van der Waals surface area contributed by atoms with E-state index in [4.69, 9.17) is 32.7 Å². The molecular weight excluding hydrogens is 502 g/mol. The van der Waals surface area contributed by atoms with Crippen molar-refractivity contribution in [2.24, 2.45) is 0 Å². The second kappa shape index (κ2) is 10.4. The molecule has 1 N–H and O–H groups in total. The monoisotopic (exact) mass is 516 g/mol. The van der Waals surface area contributed by atoms with E-state index in [1.165, 1.54) is 71.5 Å². The zero-order chi connectivity index (χ0) is 24.9. The van der Waals surface area contributed by atoms with Crippen molar-refractivity contribution in [2.45, 2.75) is 6.73 Å². The quantitative estimate of drug-likeness (QED) is 0.217. The van der Waals surface area contributed by atoms with E-state index in [2.05, 4.69) is 10.4 Å². The number of anilines is 1. The first kappa shape index (κ1) is 24.0. The molecule has 12 heteroatoms. The van der Waals surface area contributed by atoms with Gasteiger partial charge in [-0.1, -0.05) is 23.2 Å². The number of hydrogen-bond acceptors (Lipinski definition) is 6. The fourth-order valence-corrected chi connectivity index (χ4v) is 3.37. The lowest BCUT2D eigenvalue weighted by Gasteiger charge is -2.10. The minimum atomic E-state index is -0.618. The van der Waals surface area contributed by atoms with Crippen LogP contribution in [-0.4, -0.2) is 20.6 Å². The smallest absolute Gasteiger partial charge is 0.276 e. The van der Waals surface area contributed by atoms with Crippen molar-refractivity contribution in [1.29, 1.82) is 0 Å². The summed E-state index contributed by atoms with van der Waals surface area (Å²) in [5.74, 6) is -0.258. The molecule has 0 aliphatic rings. The number of carbonyl (C=O) groups is 1. The van der Waals surface area contributed by atoms with E-state index in [1.807, 2.05) is 0 Å². The summed E-state index contributed by atoms with van der Waals surface area (Å²) >= 11 is 12.0. The van der Waals surface area contributed by atoms with Crippen LogP contribution in [0.2, 0.25) is 10.0 Å². The Morgan fingerprint density at radius 2 is 1.83 bits per heavy atom. The highest BCUT2D eigenvalue weighted by molar-refractivity contribution is 6.35. The molecule has 35 heavy (non-hydrogen) atoms. The van der Waals surface area contributed by atoms with Crippen molar-refractivity contribution in [3.05, 3.63) is 105 Å². The van der Waals surface area contributed by atoms with Gasteiger partial charge in [0.15, 0.2) is 12.4 Å². The normalized spacial score (nSPS) is 10.6. The highest BCUT2D eigenvalue weighted by Gasteiger charge is 2.16. The molecule has 4 aromatic rings. The molecule has 0 saturated carbocycles. The number of aromatic nitrogens is 2. The number of nitrogens with zero attached hydrogens (tertiary/aromatic N) is 3. The first-order chi connectivity index (χ1) is 16.8. The van der Waals surface area contributed by atoms with Crippen LogP contribution in [0.3, 0.4) is 0 Å². The summed E-state index contributed by atoms with van der Waals surface area (Å²) in [6, 6.07) is 15.2. The van der Waals surface area contributed by atoms with Gasteiger partial charge in [0.1, 0.15) is 23.1 Å². The number of amides is 1. The van der Waals surface area contributed by atoms with Crippen LogP contribution in [0.15, 0.2) is 72.9 Å². The molecule has 1 amide bonds. The van der Waals surface area contributed by atoms with Crippen LogP contribution in [0.1, 0.15) is 10.5 Å². The Balaban J connectivity index is 1.47. The molecule has 4 rings (SSSR count). The molecule has 0 unspecified atom stereocenters. The molecule has 0 fully saturated rings. The molecular formula is C23H15Cl2FN4O5. The minimum absolute atomic E-state index is 0.0183. The average Bonchev–Trinajstić information content (AvgIpc) is 3.30. The molecule has 0 atom stereocenters. The SMILES string of the molecule is O=C(Nc1cc(Oc2ccc(Cl)cc2Cl)cc([N+](=O)[O-])c1)c1ccn(COc2ccc(F)cc2)n1. The van der Waals surface area contributed by atoms with Crippen LogP contribution in [0.25, 0.3) is 0 Å². The van der Waals surface area contributed by atoms with Crippen molar-refractivity contribution < 1.29 is 23.6 Å². The predicted octanol–water partition coefficient (Wildman–Crippen LogP) is 6.32. The second-order valence-electron chi connectivity index (χ2n) is 7.07. The van der Waals surface area contributed by atoms with Crippen LogP contribution in [0.5, 0.6) is 17.2 Å². The zero-order valence-corrected chi connectivity index (χ0v) is 19.2. The van der Waals surface area contributed by atoms with Gasteiger partial charge in [0.05, 0.1) is 21.7 Å². The van der Waals surface area contributed by atoms with Gasteiger partial charge in [0, 0.05) is 23.4 Å². The van der Waals surface area contributed by atoms with Crippen molar-refractivity contribution in [1.82, 2.24) is 9.78 Å². The van der Waals surface area contributed by atoms with Gasteiger partial charge in [-0.25, -0.2) is 9.07 Å². The molecule has 9 nitrogen and oxygen atoms in total. The number of nitro benzene ring substituents is 1. The Bertz CT molecular complexity index is 1400. The highest BCUT2D eigenvalue weighted by Crippen LogP contribution is 2.34. The number of nitrogens with one attached hydrogen (secondary N) is 1. The van der Waals surface area contributed by atoms with Gasteiger partial charge in [-0.2, -0.15) is 5.10 Å². The third kappa shape index (κ3) is 6.25. The number of benzene rings is 3. The molecule has 0 saturated heterocycles. The number of rotatable bonds is 8. The maximum atomic E-state index is 13.0. The Morgan fingerprint density at radius 3 is 2.54 bits per heavy atom. The summed E-state index contributed by atoms with van der Waals surface area (Å²) in [6.45, 7) is -0.0183. The fourth-order valence-electron chi connectivity index (χ4n) is 2.93. The topological polar surface area (TPSA) is 109 Å². The fraction of sp³-hybridized carbons (Fsp3) is 0.0435. The van der Waals surface area contributed by atoms with Crippen LogP contribution >= 0.6 is 23.2 Å². The van der Waals surface area contributed by atoms with Crippen LogP contribution in [0.4, 0.5) is 15.8 Å². The number of halogens is 3. The van der Waals surface area contributed by atoms with Gasteiger partial charge in [-0.15, -0.1) is 0 Å². The Labute approximate surface area is 207 Å². The van der Waals surface area contributed by atoms with Gasteiger partial charge in [-0.05, 0) is 48.5 Å². The highest BCUT2D eigenvalue weighted by atomic mass is 35.5. The van der Waals surface area contributed by atoms with Crippen molar-refractivity contribution in [2.75, 3.05) is 5.32 Å². The molecule has 1 aromatic heterocycles. The molecule has 0 bridgehead atoms. The number of ether oxygens (including phenoxy) is 2. The summed E-state index contributed by atoms with van der Waals surface area (Å²) < 4.78 is 25.5. The van der Waals surface area contributed by atoms with E-state index in [0.717, 1.165) is 0 Å². The maximum Gasteiger partial charge on any atom is 0.276 e. The second-order valence-corrected chi connectivity index (χ2v) is 7.92. The first-order valence-electron chi connectivity index (χ1n) is 9.92. The number of carbonyl (C=O) groups excluding carboxylic acids is 1. The number of hydrogen-bond donors (Lipinski definition) is 1. The van der Waals surface area contributed by atoms with Crippen LogP contribution in [0, 0.1) is 15.9 Å². The first-order valence-corrected chi connectivity index (χ1v) is 10.7. The lowest BCUT2D eigenvalue weighted by molar-refractivity contribution is -0.384. The van der Waals surface area contributed by atoms with E-state index in [0.29, 0.717) is 10.8 Å². The Morgan fingerprint density at radius 1 is 1.06 bits per heavy atom. The molecule has 1 heterocycles. The average molecular weight is 517 g/mol. The van der Waals surface area contributed by atoms with Crippen molar-refractivity contribution >= 4 is 40.5 Å².